The van der Waals surface area contributed by atoms with Crippen LogP contribution >= 0.6 is 0 Å². The molecule has 1 aromatic rings. The highest BCUT2D eigenvalue weighted by Gasteiger charge is 2.38. The van der Waals surface area contributed by atoms with Crippen LogP contribution in [0.4, 0.5) is 5.69 Å². The zero-order chi connectivity index (χ0) is 18.0. The Hall–Kier alpha value is -2.96. The molecule has 1 aliphatic heterocycles. The number of ether oxygens (including phenoxy) is 1. The minimum Gasteiger partial charge on any atom is -0.465 e. The number of methoxy groups -OCH3 is 1. The molecule has 0 aromatic heterocycles. The van der Waals surface area contributed by atoms with Crippen LogP contribution in [0.2, 0.25) is 0 Å². The fraction of sp³-hybridized carbons (Fsp3) is 0.294. The minimum atomic E-state index is -0.586. The highest BCUT2D eigenvalue weighted by Crippen LogP contribution is 2.33. The first-order valence-electron chi connectivity index (χ1n) is 7.37. The Morgan fingerprint density at radius 1 is 1.29 bits per heavy atom. The van der Waals surface area contributed by atoms with Crippen molar-refractivity contribution in [2.75, 3.05) is 7.11 Å². The number of carbonyl (C=O) groups excluding carboxylic acids is 2. The van der Waals surface area contributed by atoms with Crippen molar-refractivity contribution in [1.29, 1.82) is 0 Å². The summed E-state index contributed by atoms with van der Waals surface area (Å²) in [6.45, 7) is 5.40. The van der Waals surface area contributed by atoms with Crippen LogP contribution in [0.15, 0.2) is 41.1 Å². The van der Waals surface area contributed by atoms with Crippen molar-refractivity contribution in [3.05, 3.63) is 56.8 Å². The SMILES string of the molecule is COC(=O)C1=C(C)N(C(C)C)C(=O)C1=Cc1ccc([N+](=O)[O-])cc1. The molecule has 0 saturated carbocycles. The molecule has 0 spiro atoms. The molecule has 7 nitrogen and oxygen atoms in total. The van der Waals surface area contributed by atoms with Gasteiger partial charge in [-0.15, -0.1) is 0 Å². The number of rotatable bonds is 4. The summed E-state index contributed by atoms with van der Waals surface area (Å²) in [6, 6.07) is 5.64. The van der Waals surface area contributed by atoms with Crippen LogP contribution in [0.1, 0.15) is 26.3 Å². The van der Waals surface area contributed by atoms with E-state index in [9.17, 15) is 19.7 Å². The van der Waals surface area contributed by atoms with Gasteiger partial charge in [-0.05, 0) is 44.5 Å². The molecule has 1 heterocycles. The molecule has 0 unspecified atom stereocenters. The molecule has 0 aliphatic carbocycles. The molecule has 0 N–H and O–H groups in total. The maximum atomic E-state index is 12.7. The lowest BCUT2D eigenvalue weighted by atomic mass is 10.0. The molecule has 0 atom stereocenters. The van der Waals surface area contributed by atoms with Crippen molar-refractivity contribution in [2.45, 2.75) is 26.8 Å². The quantitative estimate of drug-likeness (QED) is 0.366. The Labute approximate surface area is 139 Å². The number of nitrogens with zero attached hydrogens (tertiary/aromatic N) is 2. The third-order valence-electron chi connectivity index (χ3n) is 3.76. The molecule has 0 bridgehead atoms. The van der Waals surface area contributed by atoms with E-state index in [4.69, 9.17) is 4.74 Å². The summed E-state index contributed by atoms with van der Waals surface area (Å²) < 4.78 is 4.79. The van der Waals surface area contributed by atoms with Gasteiger partial charge >= 0.3 is 5.97 Å². The summed E-state index contributed by atoms with van der Waals surface area (Å²) in [7, 11) is 1.26. The molecule has 1 aromatic carbocycles. The van der Waals surface area contributed by atoms with E-state index in [1.165, 1.54) is 36.3 Å². The van der Waals surface area contributed by atoms with E-state index >= 15 is 0 Å². The molecule has 0 radical (unpaired) electrons. The zero-order valence-electron chi connectivity index (χ0n) is 13.9. The Kier molecular flexibility index (Phi) is 4.82. The van der Waals surface area contributed by atoms with Gasteiger partial charge in [0.05, 0.1) is 23.2 Å². The topological polar surface area (TPSA) is 89.8 Å². The standard InChI is InChI=1S/C17H18N2O5/c1-10(2)18-11(3)15(17(21)24-4)14(16(18)20)9-12-5-7-13(8-6-12)19(22)23/h5-10H,1-4H3. The first kappa shape index (κ1) is 17.4. The van der Waals surface area contributed by atoms with Crippen molar-refractivity contribution < 1.29 is 19.2 Å². The number of nitro benzene ring substituents is 1. The van der Waals surface area contributed by atoms with Gasteiger partial charge in [0, 0.05) is 23.9 Å². The van der Waals surface area contributed by atoms with Gasteiger partial charge in [-0.3, -0.25) is 14.9 Å². The van der Waals surface area contributed by atoms with Gasteiger partial charge in [0.15, 0.2) is 0 Å². The van der Waals surface area contributed by atoms with Gasteiger partial charge in [0.2, 0.25) is 0 Å². The van der Waals surface area contributed by atoms with Crippen molar-refractivity contribution in [3.8, 4) is 0 Å². The summed E-state index contributed by atoms with van der Waals surface area (Å²) in [4.78, 5) is 36.5. The number of hydrogen-bond acceptors (Lipinski definition) is 5. The van der Waals surface area contributed by atoms with Crippen LogP contribution in [0.25, 0.3) is 6.08 Å². The molecule has 24 heavy (non-hydrogen) atoms. The number of nitro groups is 1. The van der Waals surface area contributed by atoms with E-state index in [2.05, 4.69) is 0 Å². The summed E-state index contributed by atoms with van der Waals surface area (Å²) in [6.07, 6.45) is 1.55. The number of benzene rings is 1. The van der Waals surface area contributed by atoms with Crippen molar-refractivity contribution >= 4 is 23.6 Å². The molecular formula is C17H18N2O5. The number of amides is 1. The van der Waals surface area contributed by atoms with Crippen LogP contribution in [-0.2, 0) is 14.3 Å². The Balaban J connectivity index is 2.51. The maximum absolute atomic E-state index is 12.7. The van der Waals surface area contributed by atoms with Crippen molar-refractivity contribution in [3.63, 3.8) is 0 Å². The predicted molar refractivity (Wildman–Crippen MR) is 87.8 cm³/mol. The Morgan fingerprint density at radius 2 is 1.88 bits per heavy atom. The predicted octanol–water partition coefficient (Wildman–Crippen LogP) is 2.68. The lowest BCUT2D eigenvalue weighted by Gasteiger charge is -2.22. The third-order valence-corrected chi connectivity index (χ3v) is 3.76. The van der Waals surface area contributed by atoms with Gasteiger partial charge in [0.25, 0.3) is 11.6 Å². The third kappa shape index (κ3) is 3.05. The largest absolute Gasteiger partial charge is 0.465 e. The van der Waals surface area contributed by atoms with E-state index < -0.39 is 10.9 Å². The first-order chi connectivity index (χ1) is 11.3. The van der Waals surface area contributed by atoms with E-state index in [1.54, 1.807) is 13.0 Å². The summed E-state index contributed by atoms with van der Waals surface area (Å²) >= 11 is 0. The lowest BCUT2D eigenvalue weighted by Crippen LogP contribution is -2.31. The fourth-order valence-electron chi connectivity index (χ4n) is 2.68. The lowest BCUT2D eigenvalue weighted by molar-refractivity contribution is -0.384. The minimum absolute atomic E-state index is 0.0429. The number of allylic oxidation sites excluding steroid dienone is 1. The molecule has 7 heteroatoms. The van der Waals surface area contributed by atoms with Gasteiger partial charge < -0.3 is 9.64 Å². The average Bonchev–Trinajstić information content (AvgIpc) is 2.77. The smallest absolute Gasteiger partial charge is 0.340 e. The molecule has 2 rings (SSSR count). The summed E-state index contributed by atoms with van der Waals surface area (Å²) in [5.41, 5.74) is 1.52. The fourth-order valence-corrected chi connectivity index (χ4v) is 2.68. The molecule has 1 aliphatic rings. The second-order valence-electron chi connectivity index (χ2n) is 5.63. The Morgan fingerprint density at radius 3 is 2.33 bits per heavy atom. The summed E-state index contributed by atoms with van der Waals surface area (Å²) in [5.74, 6) is -0.876. The maximum Gasteiger partial charge on any atom is 0.340 e. The van der Waals surface area contributed by atoms with E-state index in [0.717, 1.165) is 0 Å². The van der Waals surface area contributed by atoms with Gasteiger partial charge in [-0.1, -0.05) is 0 Å². The highest BCUT2D eigenvalue weighted by molar-refractivity contribution is 6.16. The van der Waals surface area contributed by atoms with Gasteiger partial charge in [-0.25, -0.2) is 4.79 Å². The van der Waals surface area contributed by atoms with E-state index in [1.807, 2.05) is 13.8 Å². The van der Waals surface area contributed by atoms with Crippen LogP contribution in [0.3, 0.4) is 0 Å². The second kappa shape index (κ2) is 6.66. The van der Waals surface area contributed by atoms with Gasteiger partial charge in [-0.2, -0.15) is 0 Å². The van der Waals surface area contributed by atoms with Crippen molar-refractivity contribution in [1.82, 2.24) is 4.90 Å². The van der Waals surface area contributed by atoms with Crippen molar-refractivity contribution in [2.24, 2.45) is 0 Å². The molecule has 126 valence electrons. The molecular weight excluding hydrogens is 312 g/mol. The number of esters is 1. The summed E-state index contributed by atoms with van der Waals surface area (Å²) in [5, 5.41) is 10.7. The number of non-ortho nitro benzene ring substituents is 1. The van der Waals surface area contributed by atoms with E-state index in [0.29, 0.717) is 11.3 Å². The van der Waals surface area contributed by atoms with Crippen LogP contribution in [0, 0.1) is 10.1 Å². The van der Waals surface area contributed by atoms with Crippen LogP contribution < -0.4 is 0 Å². The average molecular weight is 330 g/mol. The van der Waals surface area contributed by atoms with Crippen LogP contribution in [0.5, 0.6) is 0 Å². The van der Waals surface area contributed by atoms with E-state index in [-0.39, 0.29) is 28.8 Å². The number of hydrogen-bond donors (Lipinski definition) is 0. The van der Waals surface area contributed by atoms with Gasteiger partial charge in [0.1, 0.15) is 0 Å². The molecule has 0 fully saturated rings. The first-order valence-corrected chi connectivity index (χ1v) is 7.37. The highest BCUT2D eigenvalue weighted by atomic mass is 16.6. The monoisotopic (exact) mass is 330 g/mol. The number of carbonyl (C=O) groups is 2. The Bertz CT molecular complexity index is 760. The molecule has 0 saturated heterocycles. The second-order valence-corrected chi connectivity index (χ2v) is 5.63. The van der Waals surface area contributed by atoms with Crippen LogP contribution in [-0.4, -0.2) is 34.9 Å². The molecule has 1 amide bonds. The zero-order valence-corrected chi connectivity index (χ0v) is 13.9. The normalized spacial score (nSPS) is 16.3.